The second kappa shape index (κ2) is 3.99. The fourth-order valence-corrected chi connectivity index (χ4v) is 1.74. The molecule has 2 heteroatoms. The Kier molecular flexibility index (Phi) is 2.69. The zero-order valence-corrected chi connectivity index (χ0v) is 9.42. The lowest BCUT2D eigenvalue weighted by molar-refractivity contribution is 0.600. The van der Waals surface area contributed by atoms with Gasteiger partial charge in [-0.1, -0.05) is 18.7 Å². The summed E-state index contributed by atoms with van der Waals surface area (Å²) in [6, 6.07) is 5.92. The van der Waals surface area contributed by atoms with E-state index in [0.29, 0.717) is 0 Å². The highest BCUT2D eigenvalue weighted by Crippen LogP contribution is 2.27. The number of aryl methyl sites for hydroxylation is 1. The maximum absolute atomic E-state index is 5.70. The Morgan fingerprint density at radius 1 is 1.40 bits per heavy atom. The molecule has 0 aliphatic heterocycles. The molecular weight excluding hydrogens is 204 g/mol. The SMILES string of the molecule is C=C/C=C\c1oc2cc(S)ccc2c1C. The van der Waals surface area contributed by atoms with Gasteiger partial charge in [-0.15, -0.1) is 12.6 Å². The first kappa shape index (κ1) is 10.1. The van der Waals surface area contributed by atoms with Crippen LogP contribution in [0.1, 0.15) is 11.3 Å². The number of thiol groups is 1. The zero-order valence-electron chi connectivity index (χ0n) is 8.53. The number of benzene rings is 1. The van der Waals surface area contributed by atoms with E-state index in [-0.39, 0.29) is 0 Å². The van der Waals surface area contributed by atoms with Crippen molar-refractivity contribution in [2.75, 3.05) is 0 Å². The summed E-state index contributed by atoms with van der Waals surface area (Å²) in [6.45, 7) is 5.68. The first-order valence-electron chi connectivity index (χ1n) is 4.73. The van der Waals surface area contributed by atoms with Crippen LogP contribution in [0, 0.1) is 6.92 Å². The van der Waals surface area contributed by atoms with Gasteiger partial charge in [0.25, 0.3) is 0 Å². The average molecular weight is 216 g/mol. The molecule has 76 valence electrons. The number of hydrogen-bond donors (Lipinski definition) is 1. The summed E-state index contributed by atoms with van der Waals surface area (Å²) in [4.78, 5) is 0.913. The third kappa shape index (κ3) is 1.85. The normalized spacial score (nSPS) is 11.3. The minimum Gasteiger partial charge on any atom is -0.456 e. The maximum Gasteiger partial charge on any atom is 0.136 e. The van der Waals surface area contributed by atoms with E-state index in [9.17, 15) is 0 Å². The van der Waals surface area contributed by atoms with Crippen LogP contribution in [0.5, 0.6) is 0 Å². The lowest BCUT2D eigenvalue weighted by Crippen LogP contribution is -1.71. The van der Waals surface area contributed by atoms with Gasteiger partial charge in [-0.2, -0.15) is 0 Å². The van der Waals surface area contributed by atoms with E-state index in [4.69, 9.17) is 4.42 Å². The summed E-state index contributed by atoms with van der Waals surface area (Å²) >= 11 is 4.28. The number of furan rings is 1. The largest absolute Gasteiger partial charge is 0.456 e. The predicted molar refractivity (Wildman–Crippen MR) is 67.4 cm³/mol. The molecule has 15 heavy (non-hydrogen) atoms. The van der Waals surface area contributed by atoms with Crippen LogP contribution < -0.4 is 0 Å². The van der Waals surface area contributed by atoms with Gasteiger partial charge in [0.1, 0.15) is 11.3 Å². The van der Waals surface area contributed by atoms with Crippen molar-refractivity contribution in [3.8, 4) is 0 Å². The molecule has 0 saturated carbocycles. The van der Waals surface area contributed by atoms with Crippen LogP contribution in [-0.2, 0) is 0 Å². The Labute approximate surface area is 94.5 Å². The Hall–Kier alpha value is -1.41. The smallest absolute Gasteiger partial charge is 0.136 e. The fraction of sp³-hybridized carbons (Fsp3) is 0.0769. The van der Waals surface area contributed by atoms with Gasteiger partial charge in [0.2, 0.25) is 0 Å². The lowest BCUT2D eigenvalue weighted by atomic mass is 10.1. The van der Waals surface area contributed by atoms with E-state index in [1.807, 2.05) is 37.3 Å². The van der Waals surface area contributed by atoms with Crippen LogP contribution in [0.4, 0.5) is 0 Å². The first-order chi connectivity index (χ1) is 7.22. The summed E-state index contributed by atoms with van der Waals surface area (Å²) in [7, 11) is 0. The van der Waals surface area contributed by atoms with Crippen LogP contribution in [0.2, 0.25) is 0 Å². The van der Waals surface area contributed by atoms with E-state index in [1.165, 1.54) is 0 Å². The molecule has 1 nitrogen and oxygen atoms in total. The van der Waals surface area contributed by atoms with Gasteiger partial charge >= 0.3 is 0 Å². The van der Waals surface area contributed by atoms with Crippen LogP contribution in [0.15, 0.2) is 46.2 Å². The Morgan fingerprint density at radius 3 is 2.93 bits per heavy atom. The van der Waals surface area contributed by atoms with Gasteiger partial charge in [-0.3, -0.25) is 0 Å². The van der Waals surface area contributed by atoms with Crippen molar-refractivity contribution in [3.63, 3.8) is 0 Å². The van der Waals surface area contributed by atoms with E-state index in [0.717, 1.165) is 27.2 Å². The highest BCUT2D eigenvalue weighted by molar-refractivity contribution is 7.80. The molecule has 0 radical (unpaired) electrons. The van der Waals surface area contributed by atoms with E-state index in [2.05, 4.69) is 19.2 Å². The minimum absolute atomic E-state index is 0.878. The molecule has 0 saturated heterocycles. The molecule has 0 amide bonds. The lowest BCUT2D eigenvalue weighted by Gasteiger charge is -1.90. The summed E-state index contributed by atoms with van der Waals surface area (Å²) in [5, 5.41) is 1.14. The molecule has 0 fully saturated rings. The van der Waals surface area contributed by atoms with Gasteiger partial charge in [-0.05, 0) is 31.2 Å². The number of hydrogen-bond acceptors (Lipinski definition) is 2. The highest BCUT2D eigenvalue weighted by Gasteiger charge is 2.07. The number of fused-ring (bicyclic) bond motifs is 1. The second-order valence-electron chi connectivity index (χ2n) is 3.37. The average Bonchev–Trinajstić information content (AvgIpc) is 2.52. The molecule has 0 spiro atoms. The zero-order chi connectivity index (χ0) is 10.8. The molecular formula is C13H12OS. The van der Waals surface area contributed by atoms with Crippen molar-refractivity contribution < 1.29 is 4.42 Å². The van der Waals surface area contributed by atoms with E-state index >= 15 is 0 Å². The van der Waals surface area contributed by atoms with Crippen LogP contribution in [0.3, 0.4) is 0 Å². The van der Waals surface area contributed by atoms with Crippen LogP contribution in [-0.4, -0.2) is 0 Å². The van der Waals surface area contributed by atoms with Crippen LogP contribution in [0.25, 0.3) is 17.0 Å². The molecule has 2 aromatic rings. The van der Waals surface area contributed by atoms with Gasteiger partial charge in [-0.25, -0.2) is 0 Å². The second-order valence-corrected chi connectivity index (χ2v) is 3.88. The molecule has 1 aromatic carbocycles. The highest BCUT2D eigenvalue weighted by atomic mass is 32.1. The predicted octanol–water partition coefficient (Wildman–Crippen LogP) is 4.23. The van der Waals surface area contributed by atoms with Gasteiger partial charge in [0, 0.05) is 15.8 Å². The van der Waals surface area contributed by atoms with Crippen molar-refractivity contribution in [1.29, 1.82) is 0 Å². The van der Waals surface area contributed by atoms with Gasteiger partial charge in [0.05, 0.1) is 0 Å². The summed E-state index contributed by atoms with van der Waals surface area (Å²) in [5.74, 6) is 0.879. The fourth-order valence-electron chi connectivity index (χ4n) is 1.55. The molecule has 1 heterocycles. The number of allylic oxidation sites excluding steroid dienone is 2. The standard InChI is InChI=1S/C13H12OS/c1-3-4-5-12-9(2)11-7-6-10(15)8-13(11)14-12/h3-8,15H,1H2,2H3/b5-4-. The third-order valence-corrected chi connectivity index (χ3v) is 2.62. The van der Waals surface area contributed by atoms with Gasteiger partial charge < -0.3 is 4.42 Å². The molecule has 0 aliphatic carbocycles. The first-order valence-corrected chi connectivity index (χ1v) is 5.18. The monoisotopic (exact) mass is 216 g/mol. The van der Waals surface area contributed by atoms with Crippen molar-refractivity contribution in [3.05, 3.63) is 48.3 Å². The minimum atomic E-state index is 0.878. The molecule has 0 aliphatic rings. The van der Waals surface area contributed by atoms with Crippen molar-refractivity contribution in [2.24, 2.45) is 0 Å². The molecule has 0 N–H and O–H groups in total. The van der Waals surface area contributed by atoms with Crippen LogP contribution >= 0.6 is 12.6 Å². The van der Waals surface area contributed by atoms with Crippen molar-refractivity contribution >= 4 is 29.7 Å². The van der Waals surface area contributed by atoms with Crippen molar-refractivity contribution in [1.82, 2.24) is 0 Å². The Balaban J connectivity index is 2.63. The molecule has 0 unspecified atom stereocenters. The molecule has 0 bridgehead atoms. The van der Waals surface area contributed by atoms with E-state index in [1.54, 1.807) is 6.08 Å². The van der Waals surface area contributed by atoms with Crippen molar-refractivity contribution in [2.45, 2.75) is 11.8 Å². The quantitative estimate of drug-likeness (QED) is 0.585. The molecule has 2 rings (SSSR count). The Morgan fingerprint density at radius 2 is 2.20 bits per heavy atom. The summed E-state index contributed by atoms with van der Waals surface area (Å²) in [5.41, 5.74) is 2.03. The summed E-state index contributed by atoms with van der Waals surface area (Å²) < 4.78 is 5.70. The molecule has 1 aromatic heterocycles. The maximum atomic E-state index is 5.70. The molecule has 0 atom stereocenters. The Bertz CT molecular complexity index is 535. The van der Waals surface area contributed by atoms with E-state index < -0.39 is 0 Å². The third-order valence-electron chi connectivity index (χ3n) is 2.34. The van der Waals surface area contributed by atoms with Gasteiger partial charge in [0.15, 0.2) is 0 Å². The summed E-state index contributed by atoms with van der Waals surface area (Å²) in [6.07, 6.45) is 5.52. The topological polar surface area (TPSA) is 13.1 Å². The number of rotatable bonds is 2.